The first-order valence-corrected chi connectivity index (χ1v) is 10.4. The molecule has 0 fully saturated rings. The molecule has 0 saturated carbocycles. The van der Waals surface area contributed by atoms with Crippen LogP contribution in [0.2, 0.25) is 0 Å². The summed E-state index contributed by atoms with van der Waals surface area (Å²) in [6, 6.07) is 18.8. The van der Waals surface area contributed by atoms with Crippen molar-refractivity contribution in [3.63, 3.8) is 0 Å². The Balaban J connectivity index is 1.59. The average Bonchev–Trinajstić information content (AvgIpc) is 3.11. The van der Waals surface area contributed by atoms with Crippen LogP contribution >= 0.6 is 0 Å². The fourth-order valence-corrected chi connectivity index (χ4v) is 3.71. The Morgan fingerprint density at radius 1 is 1.06 bits per heavy atom. The third kappa shape index (κ3) is 4.23. The van der Waals surface area contributed by atoms with Crippen LogP contribution in [0.15, 0.2) is 60.7 Å². The molecule has 7 nitrogen and oxygen atoms in total. The third-order valence-corrected chi connectivity index (χ3v) is 5.26. The number of nitrogens with zero attached hydrogens (tertiary/aromatic N) is 3. The van der Waals surface area contributed by atoms with Gasteiger partial charge in [0.2, 0.25) is 0 Å². The van der Waals surface area contributed by atoms with Gasteiger partial charge in [0, 0.05) is 18.3 Å². The Bertz CT molecular complexity index is 1300. The highest BCUT2D eigenvalue weighted by Crippen LogP contribution is 2.27. The van der Waals surface area contributed by atoms with Gasteiger partial charge in [-0.3, -0.25) is 9.48 Å². The van der Waals surface area contributed by atoms with Gasteiger partial charge in [0.1, 0.15) is 0 Å². The summed E-state index contributed by atoms with van der Waals surface area (Å²) in [5.41, 5.74) is 4.82. The molecule has 0 aliphatic rings. The minimum Gasteiger partial charge on any atom is -0.452 e. The minimum atomic E-state index is -0.593. The van der Waals surface area contributed by atoms with E-state index < -0.39 is 11.9 Å². The summed E-state index contributed by atoms with van der Waals surface area (Å²) >= 11 is 0. The molecule has 4 rings (SSSR count). The number of hydrogen-bond acceptors (Lipinski definition) is 5. The third-order valence-electron chi connectivity index (χ3n) is 5.26. The summed E-state index contributed by atoms with van der Waals surface area (Å²) in [5.74, 6) is -0.986. The van der Waals surface area contributed by atoms with Crippen molar-refractivity contribution >= 4 is 28.6 Å². The molecule has 4 aromatic rings. The van der Waals surface area contributed by atoms with Gasteiger partial charge in [-0.25, -0.2) is 9.78 Å². The Morgan fingerprint density at radius 2 is 1.78 bits per heavy atom. The molecule has 162 valence electrons. The van der Waals surface area contributed by atoms with Gasteiger partial charge in [0.15, 0.2) is 12.3 Å². The number of anilines is 1. The van der Waals surface area contributed by atoms with E-state index in [1.54, 1.807) is 17.8 Å². The zero-order chi connectivity index (χ0) is 22.7. The Kier molecular flexibility index (Phi) is 5.98. The summed E-state index contributed by atoms with van der Waals surface area (Å²) in [5, 5.41) is 7.84. The van der Waals surface area contributed by atoms with Crippen molar-refractivity contribution in [3.05, 3.63) is 77.5 Å². The number of ether oxygens (including phenoxy) is 1. The smallest absolute Gasteiger partial charge is 0.339 e. The van der Waals surface area contributed by atoms with Crippen LogP contribution in [0.25, 0.3) is 22.3 Å². The highest BCUT2D eigenvalue weighted by molar-refractivity contribution is 6.06. The van der Waals surface area contributed by atoms with Gasteiger partial charge in [0.25, 0.3) is 5.91 Å². The molecule has 2 aromatic heterocycles. The molecule has 7 heteroatoms. The maximum absolute atomic E-state index is 13.0. The molecule has 0 atom stereocenters. The van der Waals surface area contributed by atoms with Gasteiger partial charge in [-0.2, -0.15) is 5.10 Å². The van der Waals surface area contributed by atoms with Gasteiger partial charge in [0.05, 0.1) is 22.3 Å². The second-order valence-corrected chi connectivity index (χ2v) is 7.46. The quantitative estimate of drug-likeness (QED) is 0.463. The number of aryl methyl sites for hydroxylation is 3. The second-order valence-electron chi connectivity index (χ2n) is 7.46. The van der Waals surface area contributed by atoms with Crippen molar-refractivity contribution in [3.8, 4) is 11.3 Å². The number of benzene rings is 2. The highest BCUT2D eigenvalue weighted by Gasteiger charge is 2.21. The summed E-state index contributed by atoms with van der Waals surface area (Å²) in [4.78, 5) is 30.1. The first kappa shape index (κ1) is 21.2. The van der Waals surface area contributed by atoms with E-state index in [9.17, 15) is 9.59 Å². The van der Waals surface area contributed by atoms with Crippen LogP contribution in [0.1, 0.15) is 28.5 Å². The zero-order valence-corrected chi connectivity index (χ0v) is 18.3. The average molecular weight is 428 g/mol. The van der Waals surface area contributed by atoms with E-state index in [1.165, 1.54) is 0 Å². The minimum absolute atomic E-state index is 0.334. The number of fused-ring (bicyclic) bond motifs is 1. The SMILES string of the molecule is CCc1ccccc1NC(=O)COC(=O)c1cc(-c2ccccc2)nc2c1c(C)nn2C. The summed E-state index contributed by atoms with van der Waals surface area (Å²) in [7, 11) is 1.78. The predicted octanol–water partition coefficient (Wildman–Crippen LogP) is 4.30. The van der Waals surface area contributed by atoms with Gasteiger partial charge >= 0.3 is 5.97 Å². The number of aromatic nitrogens is 3. The molecule has 0 aliphatic carbocycles. The molecular weight excluding hydrogens is 404 g/mol. The number of esters is 1. The summed E-state index contributed by atoms with van der Waals surface area (Å²) < 4.78 is 7.02. The molecule has 0 unspecified atom stereocenters. The van der Waals surface area contributed by atoms with Crippen molar-refractivity contribution in [2.45, 2.75) is 20.3 Å². The second kappa shape index (κ2) is 9.01. The molecule has 0 bridgehead atoms. The van der Waals surface area contributed by atoms with E-state index >= 15 is 0 Å². The number of amides is 1. The van der Waals surface area contributed by atoms with Gasteiger partial charge in [-0.05, 0) is 31.0 Å². The number of rotatable bonds is 6. The summed E-state index contributed by atoms with van der Waals surface area (Å²) in [6.07, 6.45) is 0.786. The number of pyridine rings is 1. The zero-order valence-electron chi connectivity index (χ0n) is 18.3. The van der Waals surface area contributed by atoms with Crippen molar-refractivity contribution in [1.82, 2.24) is 14.8 Å². The van der Waals surface area contributed by atoms with Gasteiger partial charge < -0.3 is 10.1 Å². The number of nitrogens with one attached hydrogen (secondary N) is 1. The Labute approximate surface area is 186 Å². The molecular formula is C25H24N4O3. The van der Waals surface area contributed by atoms with Crippen LogP contribution in [0.4, 0.5) is 5.69 Å². The van der Waals surface area contributed by atoms with E-state index in [0.717, 1.165) is 23.2 Å². The maximum Gasteiger partial charge on any atom is 0.339 e. The fraction of sp³-hybridized carbons (Fsp3) is 0.200. The lowest BCUT2D eigenvalue weighted by Crippen LogP contribution is -2.21. The molecule has 0 radical (unpaired) electrons. The first-order valence-electron chi connectivity index (χ1n) is 10.4. The topological polar surface area (TPSA) is 86.1 Å². The number of hydrogen-bond donors (Lipinski definition) is 1. The van der Waals surface area contributed by atoms with Gasteiger partial charge in [-0.15, -0.1) is 0 Å². The normalized spacial score (nSPS) is 10.8. The van der Waals surface area contributed by atoms with Crippen LogP contribution in [-0.2, 0) is 23.0 Å². The largest absolute Gasteiger partial charge is 0.452 e. The monoisotopic (exact) mass is 428 g/mol. The molecule has 2 aromatic carbocycles. The van der Waals surface area contributed by atoms with Crippen molar-refractivity contribution < 1.29 is 14.3 Å². The van der Waals surface area contributed by atoms with E-state index in [1.807, 2.05) is 68.4 Å². The van der Waals surface area contributed by atoms with Crippen molar-refractivity contribution in [2.75, 3.05) is 11.9 Å². The van der Waals surface area contributed by atoms with Crippen LogP contribution < -0.4 is 5.32 Å². The molecule has 2 heterocycles. The van der Waals surface area contributed by atoms with Crippen LogP contribution in [0.3, 0.4) is 0 Å². The molecule has 32 heavy (non-hydrogen) atoms. The Morgan fingerprint density at radius 3 is 2.53 bits per heavy atom. The lowest BCUT2D eigenvalue weighted by Gasteiger charge is -2.11. The predicted molar refractivity (Wildman–Crippen MR) is 123 cm³/mol. The molecule has 0 aliphatic heterocycles. The standard InChI is InChI=1S/C25H24N4O3/c1-4-17-10-8-9-13-20(17)26-22(30)15-32-25(31)19-14-21(18-11-6-5-7-12-18)27-24-23(19)16(2)28-29(24)3/h5-14H,4,15H2,1-3H3,(H,26,30). The van der Waals surface area contributed by atoms with Crippen LogP contribution in [0.5, 0.6) is 0 Å². The van der Waals surface area contributed by atoms with E-state index in [4.69, 9.17) is 9.72 Å². The van der Waals surface area contributed by atoms with E-state index in [2.05, 4.69) is 10.4 Å². The lowest BCUT2D eigenvalue weighted by atomic mass is 10.1. The Hall–Kier alpha value is -4.00. The maximum atomic E-state index is 13.0. The number of carbonyl (C=O) groups is 2. The lowest BCUT2D eigenvalue weighted by molar-refractivity contribution is -0.119. The molecule has 1 amide bonds. The molecule has 0 spiro atoms. The summed E-state index contributed by atoms with van der Waals surface area (Å²) in [6.45, 7) is 3.44. The molecule has 1 N–H and O–H groups in total. The highest BCUT2D eigenvalue weighted by atomic mass is 16.5. The number of para-hydroxylation sites is 1. The van der Waals surface area contributed by atoms with E-state index in [-0.39, 0.29) is 6.61 Å². The van der Waals surface area contributed by atoms with Crippen molar-refractivity contribution in [2.24, 2.45) is 7.05 Å². The van der Waals surface area contributed by atoms with E-state index in [0.29, 0.717) is 28.0 Å². The van der Waals surface area contributed by atoms with Crippen LogP contribution in [0, 0.1) is 6.92 Å². The number of carbonyl (C=O) groups excluding carboxylic acids is 2. The van der Waals surface area contributed by atoms with Crippen LogP contribution in [-0.4, -0.2) is 33.2 Å². The van der Waals surface area contributed by atoms with Crippen molar-refractivity contribution in [1.29, 1.82) is 0 Å². The fourth-order valence-electron chi connectivity index (χ4n) is 3.71. The molecule has 0 saturated heterocycles. The first-order chi connectivity index (χ1) is 15.5. The van der Waals surface area contributed by atoms with Gasteiger partial charge in [-0.1, -0.05) is 55.5 Å².